The lowest BCUT2D eigenvalue weighted by molar-refractivity contribution is 1.01. The van der Waals surface area contributed by atoms with Crippen LogP contribution in [0.3, 0.4) is 0 Å². The summed E-state index contributed by atoms with van der Waals surface area (Å²) < 4.78 is 0. The van der Waals surface area contributed by atoms with E-state index in [4.69, 9.17) is 5.26 Å². The highest BCUT2D eigenvalue weighted by Gasteiger charge is 2.09. The fourth-order valence-electron chi connectivity index (χ4n) is 1.35. The maximum Gasteiger partial charge on any atom is 0.271 e. The number of aromatic nitrogens is 3. The summed E-state index contributed by atoms with van der Waals surface area (Å²) in [5.41, 5.74) is 0.173. The van der Waals surface area contributed by atoms with Gasteiger partial charge in [-0.15, -0.1) is 0 Å². The number of nitrogens with one attached hydrogen (secondary N) is 2. The van der Waals surface area contributed by atoms with Crippen LogP contribution in [0.2, 0.25) is 0 Å². The van der Waals surface area contributed by atoms with Crippen LogP contribution in [-0.4, -0.2) is 15.0 Å². The maximum atomic E-state index is 11.5. The minimum atomic E-state index is -0.452. The van der Waals surface area contributed by atoms with Crippen LogP contribution < -0.4 is 10.9 Å². The fraction of sp³-hybridized carbons (Fsp3) is 0.0909. The molecular formula is C11H9N5O. The fourth-order valence-corrected chi connectivity index (χ4v) is 1.35. The molecule has 0 saturated heterocycles. The number of pyridine rings is 1. The summed E-state index contributed by atoms with van der Waals surface area (Å²) in [5.74, 6) is 0.683. The molecule has 0 amide bonds. The first kappa shape index (κ1) is 10.8. The van der Waals surface area contributed by atoms with Gasteiger partial charge in [-0.1, -0.05) is 0 Å². The molecule has 2 rings (SSSR count). The molecule has 0 aliphatic heterocycles. The quantitative estimate of drug-likeness (QED) is 0.800. The van der Waals surface area contributed by atoms with Crippen molar-refractivity contribution in [3.05, 3.63) is 46.3 Å². The molecule has 0 aliphatic carbocycles. The minimum absolute atomic E-state index is 0.0422. The molecule has 0 saturated carbocycles. The van der Waals surface area contributed by atoms with Crippen molar-refractivity contribution < 1.29 is 0 Å². The van der Waals surface area contributed by atoms with Crippen LogP contribution in [-0.2, 0) is 0 Å². The Morgan fingerprint density at radius 1 is 1.53 bits per heavy atom. The summed E-state index contributed by atoms with van der Waals surface area (Å²) in [4.78, 5) is 22.0. The van der Waals surface area contributed by atoms with Gasteiger partial charge in [0.05, 0.1) is 11.9 Å². The number of aryl methyl sites for hydroxylation is 1. The standard InChI is InChI=1S/C11H9N5O/c1-7-14-10(9(5-12)11(17)15-7)16-8-3-2-4-13-6-8/h2-4,6H,1H3,(H2,14,15,16,17). The lowest BCUT2D eigenvalue weighted by Crippen LogP contribution is -2.16. The number of rotatable bonds is 2. The van der Waals surface area contributed by atoms with Gasteiger partial charge in [-0.2, -0.15) is 5.26 Å². The predicted molar refractivity (Wildman–Crippen MR) is 61.8 cm³/mol. The third kappa shape index (κ3) is 2.29. The molecule has 6 nitrogen and oxygen atoms in total. The monoisotopic (exact) mass is 227 g/mol. The van der Waals surface area contributed by atoms with Gasteiger partial charge in [0.1, 0.15) is 11.9 Å². The predicted octanol–water partition coefficient (Wildman–Crippen LogP) is 1.09. The average molecular weight is 227 g/mol. The Morgan fingerprint density at radius 2 is 2.35 bits per heavy atom. The first-order valence-electron chi connectivity index (χ1n) is 4.89. The molecule has 2 aromatic heterocycles. The number of anilines is 2. The Kier molecular flexibility index (Phi) is 2.83. The van der Waals surface area contributed by atoms with Crippen LogP contribution in [0, 0.1) is 18.3 Å². The summed E-state index contributed by atoms with van der Waals surface area (Å²) >= 11 is 0. The second kappa shape index (κ2) is 4.45. The second-order valence-electron chi connectivity index (χ2n) is 3.35. The Bertz CT molecular complexity index is 627. The van der Waals surface area contributed by atoms with Crippen molar-refractivity contribution >= 4 is 11.5 Å². The van der Waals surface area contributed by atoms with Crippen molar-refractivity contribution in [3.8, 4) is 6.07 Å². The van der Waals surface area contributed by atoms with Gasteiger partial charge in [0.25, 0.3) is 5.56 Å². The molecule has 0 atom stereocenters. The van der Waals surface area contributed by atoms with E-state index < -0.39 is 5.56 Å². The Balaban J connectivity index is 2.46. The third-order valence-corrected chi connectivity index (χ3v) is 2.07. The molecule has 17 heavy (non-hydrogen) atoms. The molecule has 0 fully saturated rings. The highest BCUT2D eigenvalue weighted by atomic mass is 16.1. The number of hydrogen-bond donors (Lipinski definition) is 2. The third-order valence-electron chi connectivity index (χ3n) is 2.07. The van der Waals surface area contributed by atoms with Crippen LogP contribution in [0.25, 0.3) is 0 Å². The van der Waals surface area contributed by atoms with Gasteiger partial charge < -0.3 is 10.3 Å². The first-order chi connectivity index (χ1) is 8.20. The van der Waals surface area contributed by atoms with Crippen molar-refractivity contribution in [1.82, 2.24) is 15.0 Å². The lowest BCUT2D eigenvalue weighted by atomic mass is 10.3. The molecule has 0 spiro atoms. The minimum Gasteiger partial charge on any atom is -0.338 e. The molecule has 84 valence electrons. The molecule has 0 aromatic carbocycles. The van der Waals surface area contributed by atoms with E-state index in [9.17, 15) is 4.79 Å². The van der Waals surface area contributed by atoms with Gasteiger partial charge in [-0.3, -0.25) is 9.78 Å². The van der Waals surface area contributed by atoms with E-state index >= 15 is 0 Å². The normalized spacial score (nSPS) is 9.65. The number of H-pyrrole nitrogens is 1. The molecule has 0 radical (unpaired) electrons. The molecule has 6 heteroatoms. The van der Waals surface area contributed by atoms with Crippen LogP contribution in [0.5, 0.6) is 0 Å². The number of nitriles is 1. The van der Waals surface area contributed by atoms with Crippen LogP contribution in [0.4, 0.5) is 11.5 Å². The highest BCUT2D eigenvalue weighted by Crippen LogP contribution is 2.14. The van der Waals surface area contributed by atoms with Gasteiger partial charge in [-0.25, -0.2) is 4.98 Å². The van der Waals surface area contributed by atoms with E-state index in [1.807, 2.05) is 6.07 Å². The van der Waals surface area contributed by atoms with E-state index in [0.29, 0.717) is 11.5 Å². The summed E-state index contributed by atoms with van der Waals surface area (Å²) in [5, 5.41) is 11.8. The molecule has 0 bridgehead atoms. The topological polar surface area (TPSA) is 94.5 Å². The number of hydrogen-bond acceptors (Lipinski definition) is 5. The van der Waals surface area contributed by atoms with E-state index in [0.717, 1.165) is 0 Å². The Labute approximate surface area is 97.0 Å². The van der Waals surface area contributed by atoms with Crippen molar-refractivity contribution in [1.29, 1.82) is 5.26 Å². The van der Waals surface area contributed by atoms with Crippen molar-refractivity contribution in [2.24, 2.45) is 0 Å². The molecule has 2 N–H and O–H groups in total. The van der Waals surface area contributed by atoms with Gasteiger partial charge in [0, 0.05) is 6.20 Å². The summed E-state index contributed by atoms with van der Waals surface area (Å²) in [6, 6.07) is 5.34. The molecule has 2 heterocycles. The zero-order valence-corrected chi connectivity index (χ0v) is 9.06. The van der Waals surface area contributed by atoms with Crippen molar-refractivity contribution in [2.75, 3.05) is 5.32 Å². The van der Waals surface area contributed by atoms with Gasteiger partial charge in [0.2, 0.25) is 0 Å². The molecule has 0 aliphatic rings. The number of nitrogens with zero attached hydrogens (tertiary/aromatic N) is 3. The van der Waals surface area contributed by atoms with E-state index in [1.165, 1.54) is 0 Å². The van der Waals surface area contributed by atoms with E-state index in [-0.39, 0.29) is 11.4 Å². The molecular weight excluding hydrogens is 218 g/mol. The molecule has 2 aromatic rings. The van der Waals surface area contributed by atoms with Crippen LogP contribution in [0.15, 0.2) is 29.3 Å². The second-order valence-corrected chi connectivity index (χ2v) is 3.35. The zero-order valence-electron chi connectivity index (χ0n) is 9.06. The largest absolute Gasteiger partial charge is 0.338 e. The first-order valence-corrected chi connectivity index (χ1v) is 4.89. The highest BCUT2D eigenvalue weighted by molar-refractivity contribution is 5.61. The summed E-state index contributed by atoms with van der Waals surface area (Å²) in [6.07, 6.45) is 3.21. The Morgan fingerprint density at radius 3 is 3.00 bits per heavy atom. The average Bonchev–Trinajstić information content (AvgIpc) is 2.30. The van der Waals surface area contributed by atoms with Gasteiger partial charge in [-0.05, 0) is 19.1 Å². The van der Waals surface area contributed by atoms with Crippen LogP contribution in [0.1, 0.15) is 11.4 Å². The van der Waals surface area contributed by atoms with E-state index in [2.05, 4.69) is 20.3 Å². The zero-order chi connectivity index (χ0) is 12.3. The number of aromatic amines is 1. The summed E-state index contributed by atoms with van der Waals surface area (Å²) in [6.45, 7) is 1.65. The van der Waals surface area contributed by atoms with Gasteiger partial charge in [0.15, 0.2) is 11.4 Å². The SMILES string of the molecule is Cc1nc(Nc2cccnc2)c(C#N)c(=O)[nH]1. The van der Waals surface area contributed by atoms with Gasteiger partial charge >= 0.3 is 0 Å². The van der Waals surface area contributed by atoms with Crippen molar-refractivity contribution in [2.45, 2.75) is 6.92 Å². The summed E-state index contributed by atoms with van der Waals surface area (Å²) in [7, 11) is 0. The molecule has 0 unspecified atom stereocenters. The van der Waals surface area contributed by atoms with Crippen LogP contribution >= 0.6 is 0 Å². The van der Waals surface area contributed by atoms with E-state index in [1.54, 1.807) is 31.5 Å². The smallest absolute Gasteiger partial charge is 0.271 e. The lowest BCUT2D eigenvalue weighted by Gasteiger charge is -2.06. The van der Waals surface area contributed by atoms with Crippen molar-refractivity contribution in [3.63, 3.8) is 0 Å². The Hall–Kier alpha value is -2.68. The maximum absolute atomic E-state index is 11.5.